The Morgan fingerprint density at radius 3 is 2.48 bits per heavy atom. The average Bonchev–Trinajstić information content (AvgIpc) is 2.83. The number of benzene rings is 2. The Morgan fingerprint density at radius 2 is 1.79 bits per heavy atom. The van der Waals surface area contributed by atoms with Gasteiger partial charge in [0, 0.05) is 17.5 Å². The second kappa shape index (κ2) is 9.62. The molecule has 2 aliphatic heterocycles. The molecule has 180 valence electrons. The van der Waals surface area contributed by atoms with Crippen molar-refractivity contribution in [3.05, 3.63) is 41.5 Å². The van der Waals surface area contributed by atoms with Crippen molar-refractivity contribution in [1.82, 2.24) is 0 Å². The van der Waals surface area contributed by atoms with Crippen LogP contribution in [-0.4, -0.2) is 83.7 Å². The largest absolute Gasteiger partial charge is 0.504 e. The van der Waals surface area contributed by atoms with E-state index in [0.717, 1.165) is 5.56 Å². The molecule has 0 unspecified atom stereocenters. The first-order chi connectivity index (χ1) is 15.9. The van der Waals surface area contributed by atoms with Gasteiger partial charge in [-0.25, -0.2) is 0 Å². The number of methoxy groups -OCH3 is 2. The number of ether oxygens (including phenoxy) is 5. The van der Waals surface area contributed by atoms with E-state index >= 15 is 0 Å². The van der Waals surface area contributed by atoms with E-state index in [1.165, 1.54) is 14.2 Å². The molecular weight excluding hydrogens is 436 g/mol. The quantitative estimate of drug-likeness (QED) is 0.405. The summed E-state index contributed by atoms with van der Waals surface area (Å²) >= 11 is 0. The summed E-state index contributed by atoms with van der Waals surface area (Å²) in [7, 11) is 2.96. The minimum Gasteiger partial charge on any atom is -0.504 e. The first-order valence-electron chi connectivity index (χ1n) is 10.5. The summed E-state index contributed by atoms with van der Waals surface area (Å²) in [5.41, 5.74) is 1.57. The topological polar surface area (TPSA) is 147 Å². The first-order valence-corrected chi connectivity index (χ1v) is 10.5. The van der Waals surface area contributed by atoms with Gasteiger partial charge in [-0.05, 0) is 24.1 Å². The molecule has 2 aromatic rings. The SMILES string of the molecule is COc1ccc([C@@H]2COc3cc(O[C@@H]4O[C@H](CO)[C@@H](O)[C@H](O)[C@@H]4O)ccc3C2)c(O)c1OC. The van der Waals surface area contributed by atoms with Crippen LogP contribution in [0.5, 0.6) is 28.7 Å². The molecule has 0 radical (unpaired) electrons. The van der Waals surface area contributed by atoms with Gasteiger partial charge in [0.25, 0.3) is 0 Å². The van der Waals surface area contributed by atoms with Crippen molar-refractivity contribution in [3.63, 3.8) is 0 Å². The number of phenolic OH excluding ortho intramolecular Hbond substituents is 1. The molecule has 6 atom stereocenters. The van der Waals surface area contributed by atoms with E-state index in [0.29, 0.717) is 35.8 Å². The third kappa shape index (κ3) is 4.40. The molecule has 1 saturated heterocycles. The van der Waals surface area contributed by atoms with Crippen molar-refractivity contribution in [1.29, 1.82) is 0 Å². The summed E-state index contributed by atoms with van der Waals surface area (Å²) in [6.07, 6.45) is -6.22. The van der Waals surface area contributed by atoms with Gasteiger partial charge in [0.15, 0.2) is 11.5 Å². The van der Waals surface area contributed by atoms with Crippen LogP contribution in [0.3, 0.4) is 0 Å². The van der Waals surface area contributed by atoms with E-state index in [1.807, 2.05) is 0 Å². The molecular formula is C23H28O10. The zero-order chi connectivity index (χ0) is 23.7. The maximum Gasteiger partial charge on any atom is 0.229 e. The number of fused-ring (bicyclic) bond motifs is 1. The van der Waals surface area contributed by atoms with Gasteiger partial charge in [-0.1, -0.05) is 12.1 Å². The van der Waals surface area contributed by atoms with Gasteiger partial charge in [-0.15, -0.1) is 0 Å². The van der Waals surface area contributed by atoms with Crippen LogP contribution in [-0.2, 0) is 11.2 Å². The second-order valence-electron chi connectivity index (χ2n) is 8.04. The minimum absolute atomic E-state index is 0.0106. The summed E-state index contributed by atoms with van der Waals surface area (Å²) in [5, 5.41) is 50.0. The summed E-state index contributed by atoms with van der Waals surface area (Å²) in [6, 6.07) is 8.63. The van der Waals surface area contributed by atoms with Crippen molar-refractivity contribution >= 4 is 0 Å². The Bertz CT molecular complexity index is 978. The Kier molecular flexibility index (Phi) is 6.82. The van der Waals surface area contributed by atoms with Gasteiger partial charge in [0.2, 0.25) is 12.0 Å². The van der Waals surface area contributed by atoms with E-state index in [9.17, 15) is 25.5 Å². The van der Waals surface area contributed by atoms with Gasteiger partial charge < -0.3 is 49.2 Å². The van der Waals surface area contributed by atoms with E-state index < -0.39 is 37.3 Å². The number of hydrogen-bond acceptors (Lipinski definition) is 10. The van der Waals surface area contributed by atoms with Crippen molar-refractivity contribution in [2.75, 3.05) is 27.4 Å². The fraction of sp³-hybridized carbons (Fsp3) is 0.478. The molecule has 4 rings (SSSR count). The zero-order valence-electron chi connectivity index (χ0n) is 18.2. The number of rotatable bonds is 6. The highest BCUT2D eigenvalue weighted by atomic mass is 16.7. The highest BCUT2D eigenvalue weighted by Gasteiger charge is 2.44. The molecule has 2 aliphatic rings. The Hall–Kier alpha value is -2.76. The Labute approximate surface area is 190 Å². The summed E-state index contributed by atoms with van der Waals surface area (Å²) in [6.45, 7) is -0.234. The average molecular weight is 464 g/mol. The summed E-state index contributed by atoms with van der Waals surface area (Å²) < 4.78 is 27.5. The molecule has 0 spiro atoms. The fourth-order valence-electron chi connectivity index (χ4n) is 4.18. The third-order valence-electron chi connectivity index (χ3n) is 6.04. The monoisotopic (exact) mass is 464 g/mol. The Morgan fingerprint density at radius 1 is 1.00 bits per heavy atom. The van der Waals surface area contributed by atoms with E-state index in [-0.39, 0.29) is 17.4 Å². The van der Waals surface area contributed by atoms with Crippen molar-refractivity contribution in [2.24, 2.45) is 0 Å². The molecule has 0 amide bonds. The van der Waals surface area contributed by atoms with Gasteiger partial charge in [-0.2, -0.15) is 0 Å². The number of aliphatic hydroxyl groups is 4. The zero-order valence-corrected chi connectivity index (χ0v) is 18.2. The predicted molar refractivity (Wildman–Crippen MR) is 114 cm³/mol. The normalized spacial score (nSPS) is 29.0. The molecule has 2 heterocycles. The molecule has 0 saturated carbocycles. The Balaban J connectivity index is 1.50. The van der Waals surface area contributed by atoms with Crippen molar-refractivity contribution in [2.45, 2.75) is 43.0 Å². The molecule has 1 fully saturated rings. The fourth-order valence-corrected chi connectivity index (χ4v) is 4.18. The van der Waals surface area contributed by atoms with Crippen molar-refractivity contribution < 1.29 is 49.2 Å². The number of aromatic hydroxyl groups is 1. The number of phenols is 1. The third-order valence-corrected chi connectivity index (χ3v) is 6.04. The molecule has 0 aromatic heterocycles. The van der Waals surface area contributed by atoms with E-state index in [4.69, 9.17) is 23.7 Å². The second-order valence-corrected chi connectivity index (χ2v) is 8.04. The van der Waals surface area contributed by atoms with Gasteiger partial charge in [0.1, 0.15) is 35.9 Å². The minimum atomic E-state index is -1.52. The summed E-state index contributed by atoms with van der Waals surface area (Å²) in [4.78, 5) is 0. The van der Waals surface area contributed by atoms with Crippen molar-refractivity contribution in [3.8, 4) is 28.7 Å². The van der Waals surface area contributed by atoms with E-state index in [2.05, 4.69) is 0 Å². The van der Waals surface area contributed by atoms with E-state index in [1.54, 1.807) is 30.3 Å². The lowest BCUT2D eigenvalue weighted by Gasteiger charge is -2.39. The molecule has 33 heavy (non-hydrogen) atoms. The maximum atomic E-state index is 10.7. The number of hydrogen-bond donors (Lipinski definition) is 5. The lowest BCUT2D eigenvalue weighted by molar-refractivity contribution is -0.277. The molecule has 0 bridgehead atoms. The highest BCUT2D eigenvalue weighted by molar-refractivity contribution is 5.57. The van der Waals surface area contributed by atoms with Crippen LogP contribution >= 0.6 is 0 Å². The predicted octanol–water partition coefficient (Wildman–Crippen LogP) is 0.307. The van der Waals surface area contributed by atoms with Gasteiger partial charge in [-0.3, -0.25) is 0 Å². The molecule has 5 N–H and O–H groups in total. The molecule has 0 aliphatic carbocycles. The van der Waals surface area contributed by atoms with Crippen LogP contribution in [0.25, 0.3) is 0 Å². The van der Waals surface area contributed by atoms with Gasteiger partial charge in [0.05, 0.1) is 27.4 Å². The lowest BCUT2D eigenvalue weighted by atomic mass is 9.89. The molecule has 10 nitrogen and oxygen atoms in total. The highest BCUT2D eigenvalue weighted by Crippen LogP contribution is 2.44. The molecule has 10 heteroatoms. The maximum absolute atomic E-state index is 10.7. The van der Waals surface area contributed by atoms with Crippen LogP contribution in [0.15, 0.2) is 30.3 Å². The van der Waals surface area contributed by atoms with Crippen LogP contribution in [0, 0.1) is 0 Å². The number of aliphatic hydroxyl groups excluding tert-OH is 4. The van der Waals surface area contributed by atoms with Crippen LogP contribution in [0.1, 0.15) is 17.0 Å². The smallest absolute Gasteiger partial charge is 0.229 e. The van der Waals surface area contributed by atoms with Crippen LogP contribution in [0.4, 0.5) is 0 Å². The lowest BCUT2D eigenvalue weighted by Crippen LogP contribution is -2.60. The molecule has 2 aromatic carbocycles. The van der Waals surface area contributed by atoms with Crippen LogP contribution < -0.4 is 18.9 Å². The standard InChI is InChI=1S/C23H28O10/c1-29-15-6-5-14(18(25)22(15)30-2)12-7-11-3-4-13(8-16(11)31-10-12)32-23-21(28)20(27)19(26)17(9-24)33-23/h3-6,8,12,17,19-21,23-28H,7,9-10H2,1-2H3/t12-,17+,19+,20-,21-,23+/m0/s1. The summed E-state index contributed by atoms with van der Waals surface area (Å²) in [5.74, 6) is 1.50. The first kappa shape index (κ1) is 23.4. The van der Waals surface area contributed by atoms with Crippen LogP contribution in [0.2, 0.25) is 0 Å². The van der Waals surface area contributed by atoms with Gasteiger partial charge >= 0.3 is 0 Å².